The zero-order valence-corrected chi connectivity index (χ0v) is 15.1. The molecule has 0 saturated carbocycles. The van der Waals surface area contributed by atoms with E-state index in [4.69, 9.17) is 15.0 Å². The first kappa shape index (κ1) is 15.9. The van der Waals surface area contributed by atoms with Crippen molar-refractivity contribution >= 4 is 21.5 Å². The summed E-state index contributed by atoms with van der Waals surface area (Å²) >= 11 is 3.57. The average molecular weight is 390 g/mol. The Morgan fingerprint density at radius 3 is 1.72 bits per heavy atom. The van der Waals surface area contributed by atoms with Crippen molar-refractivity contribution in [2.45, 2.75) is 12.8 Å². The topological polar surface area (TPSA) is 38.7 Å². The summed E-state index contributed by atoms with van der Waals surface area (Å²) in [5.74, 6) is 2.16. The predicted octanol–water partition coefficient (Wildman–Crippen LogP) is 5.66. The van der Waals surface area contributed by atoms with Gasteiger partial charge in [0.15, 0.2) is 17.5 Å². The van der Waals surface area contributed by atoms with Crippen LogP contribution >= 0.6 is 15.9 Å². The van der Waals surface area contributed by atoms with Gasteiger partial charge < -0.3 is 0 Å². The van der Waals surface area contributed by atoms with Crippen LogP contribution in [0.4, 0.5) is 0 Å². The molecule has 2 aromatic carbocycles. The fraction of sp³-hybridized carbons (Fsp3) is 0.0952. The molecule has 0 amide bonds. The molecule has 0 N–H and O–H groups in total. The van der Waals surface area contributed by atoms with Crippen LogP contribution in [-0.4, -0.2) is 15.0 Å². The van der Waals surface area contributed by atoms with Gasteiger partial charge in [0.25, 0.3) is 0 Å². The third-order valence-corrected chi connectivity index (χ3v) is 4.60. The van der Waals surface area contributed by atoms with Gasteiger partial charge in [0.05, 0.1) is 0 Å². The van der Waals surface area contributed by atoms with Gasteiger partial charge in [-0.3, -0.25) is 0 Å². The zero-order chi connectivity index (χ0) is 17.1. The minimum atomic E-state index is 0.705. The van der Waals surface area contributed by atoms with Crippen molar-refractivity contribution in [1.82, 2.24) is 15.0 Å². The molecule has 1 aliphatic rings. The van der Waals surface area contributed by atoms with E-state index in [1.54, 1.807) is 0 Å². The molecule has 0 bridgehead atoms. The lowest BCUT2D eigenvalue weighted by molar-refractivity contribution is 0.977. The average Bonchev–Trinajstić information content (AvgIpc) is 2.69. The van der Waals surface area contributed by atoms with Gasteiger partial charge in [-0.2, -0.15) is 0 Å². The second-order valence-electron chi connectivity index (χ2n) is 5.84. The quantitative estimate of drug-likeness (QED) is 0.579. The summed E-state index contributed by atoms with van der Waals surface area (Å²) in [6.45, 7) is 0. The van der Waals surface area contributed by atoms with Crippen LogP contribution in [0.25, 0.3) is 28.3 Å². The third-order valence-electron chi connectivity index (χ3n) is 4.05. The molecule has 25 heavy (non-hydrogen) atoms. The lowest BCUT2D eigenvalue weighted by Gasteiger charge is -2.12. The standard InChI is InChI=1S/C21H16BrN3/c22-18-13-7-12-17(14-18)21-24-19(15-8-3-1-4-9-15)23-20(25-21)16-10-5-2-6-11-16/h1-6,8-11,13-14H,7,12H2. The van der Waals surface area contributed by atoms with Gasteiger partial charge in [-0.25, -0.2) is 15.0 Å². The molecule has 0 fully saturated rings. The van der Waals surface area contributed by atoms with Crippen molar-refractivity contribution in [3.05, 3.63) is 83.1 Å². The van der Waals surface area contributed by atoms with Crippen LogP contribution in [0.15, 0.2) is 77.3 Å². The van der Waals surface area contributed by atoms with E-state index >= 15 is 0 Å². The van der Waals surface area contributed by atoms with Crippen LogP contribution in [-0.2, 0) is 0 Å². The summed E-state index contributed by atoms with van der Waals surface area (Å²) in [5, 5.41) is 0. The molecule has 0 saturated heterocycles. The summed E-state index contributed by atoms with van der Waals surface area (Å²) in [4.78, 5) is 14.2. The van der Waals surface area contributed by atoms with E-state index in [1.165, 1.54) is 0 Å². The number of allylic oxidation sites excluding steroid dienone is 4. The lowest BCUT2D eigenvalue weighted by Crippen LogP contribution is -2.04. The van der Waals surface area contributed by atoms with E-state index < -0.39 is 0 Å². The number of benzene rings is 2. The van der Waals surface area contributed by atoms with Crippen molar-refractivity contribution in [2.24, 2.45) is 0 Å². The Hall–Kier alpha value is -2.59. The Morgan fingerprint density at radius 1 is 0.680 bits per heavy atom. The molecule has 1 aromatic heterocycles. The van der Waals surface area contributed by atoms with E-state index in [-0.39, 0.29) is 0 Å². The second-order valence-corrected chi connectivity index (χ2v) is 6.75. The summed E-state index contributed by atoms with van der Waals surface area (Å²) in [6, 6.07) is 20.1. The van der Waals surface area contributed by atoms with Crippen LogP contribution in [0.3, 0.4) is 0 Å². The summed E-state index contributed by atoms with van der Waals surface area (Å²) in [5.41, 5.74) is 3.12. The number of nitrogens with zero attached hydrogens (tertiary/aromatic N) is 3. The Balaban J connectivity index is 1.88. The van der Waals surface area contributed by atoms with E-state index in [2.05, 4.69) is 28.1 Å². The van der Waals surface area contributed by atoms with Crippen LogP contribution in [0.2, 0.25) is 0 Å². The van der Waals surface area contributed by atoms with Gasteiger partial charge in [0.2, 0.25) is 0 Å². The van der Waals surface area contributed by atoms with Crippen molar-refractivity contribution in [3.8, 4) is 22.8 Å². The molecule has 3 aromatic rings. The molecule has 4 rings (SSSR count). The monoisotopic (exact) mass is 389 g/mol. The Bertz CT molecular complexity index is 890. The van der Waals surface area contributed by atoms with Gasteiger partial charge in [-0.15, -0.1) is 0 Å². The first-order valence-corrected chi connectivity index (χ1v) is 9.02. The molecular weight excluding hydrogens is 374 g/mol. The normalized spacial score (nSPS) is 14.0. The fourth-order valence-corrected chi connectivity index (χ4v) is 3.30. The van der Waals surface area contributed by atoms with Gasteiger partial charge in [0.1, 0.15) is 0 Å². The van der Waals surface area contributed by atoms with Gasteiger partial charge in [0, 0.05) is 15.6 Å². The minimum Gasteiger partial charge on any atom is -0.209 e. The van der Waals surface area contributed by atoms with Crippen LogP contribution in [0.1, 0.15) is 18.7 Å². The molecule has 1 aliphatic carbocycles. The Morgan fingerprint density at radius 2 is 1.20 bits per heavy atom. The smallest absolute Gasteiger partial charge is 0.164 e. The maximum absolute atomic E-state index is 4.75. The highest BCUT2D eigenvalue weighted by atomic mass is 79.9. The number of hydrogen-bond acceptors (Lipinski definition) is 3. The number of rotatable bonds is 3. The maximum atomic E-state index is 4.75. The predicted molar refractivity (Wildman–Crippen MR) is 105 cm³/mol. The van der Waals surface area contributed by atoms with E-state index in [9.17, 15) is 0 Å². The largest absolute Gasteiger partial charge is 0.209 e. The van der Waals surface area contributed by atoms with Crippen LogP contribution < -0.4 is 0 Å². The number of hydrogen-bond donors (Lipinski definition) is 0. The minimum absolute atomic E-state index is 0.705. The van der Waals surface area contributed by atoms with Gasteiger partial charge in [-0.05, 0) is 24.5 Å². The molecule has 0 aliphatic heterocycles. The third kappa shape index (κ3) is 3.59. The van der Waals surface area contributed by atoms with Gasteiger partial charge >= 0.3 is 0 Å². The Kier molecular flexibility index (Phi) is 4.53. The molecule has 0 unspecified atom stereocenters. The highest BCUT2D eigenvalue weighted by Gasteiger charge is 2.15. The number of halogens is 1. The SMILES string of the molecule is BrC1=CCCC(c2nc(-c3ccccc3)nc(-c3ccccc3)n2)=C1. The fourth-order valence-electron chi connectivity index (χ4n) is 2.79. The highest BCUT2D eigenvalue weighted by Crippen LogP contribution is 2.29. The Labute approximate surface area is 155 Å². The first-order valence-electron chi connectivity index (χ1n) is 8.23. The second kappa shape index (κ2) is 7.11. The summed E-state index contributed by atoms with van der Waals surface area (Å²) in [6.07, 6.45) is 6.18. The first-order chi connectivity index (χ1) is 12.3. The van der Waals surface area contributed by atoms with Gasteiger partial charge in [-0.1, -0.05) is 82.7 Å². The van der Waals surface area contributed by atoms with E-state index in [0.29, 0.717) is 11.6 Å². The molecule has 0 atom stereocenters. The molecular formula is C21H16BrN3. The van der Waals surface area contributed by atoms with E-state index in [0.717, 1.165) is 39.8 Å². The zero-order valence-electron chi connectivity index (χ0n) is 13.6. The van der Waals surface area contributed by atoms with Crippen LogP contribution in [0.5, 0.6) is 0 Å². The molecule has 4 heteroatoms. The summed E-state index contributed by atoms with van der Waals surface area (Å²) < 4.78 is 1.08. The maximum Gasteiger partial charge on any atom is 0.164 e. The molecule has 1 heterocycles. The molecule has 3 nitrogen and oxygen atoms in total. The summed E-state index contributed by atoms with van der Waals surface area (Å²) in [7, 11) is 0. The highest BCUT2D eigenvalue weighted by molar-refractivity contribution is 9.11. The lowest BCUT2D eigenvalue weighted by atomic mass is 10.0. The van der Waals surface area contributed by atoms with Crippen molar-refractivity contribution < 1.29 is 0 Å². The molecule has 122 valence electrons. The van der Waals surface area contributed by atoms with Crippen molar-refractivity contribution in [2.75, 3.05) is 0 Å². The molecule has 0 spiro atoms. The molecule has 0 radical (unpaired) electrons. The number of aromatic nitrogens is 3. The van der Waals surface area contributed by atoms with Crippen molar-refractivity contribution in [3.63, 3.8) is 0 Å². The van der Waals surface area contributed by atoms with Crippen LogP contribution in [0, 0.1) is 0 Å². The van der Waals surface area contributed by atoms with E-state index in [1.807, 2.05) is 60.7 Å². The van der Waals surface area contributed by atoms with Crippen molar-refractivity contribution in [1.29, 1.82) is 0 Å².